The lowest BCUT2D eigenvalue weighted by Gasteiger charge is -2.24. The second-order valence-corrected chi connectivity index (χ2v) is 7.66. The minimum absolute atomic E-state index is 0.0598. The molecular formula is C21H32N2O3. The molecule has 0 radical (unpaired) electrons. The van der Waals surface area contributed by atoms with E-state index in [0.29, 0.717) is 12.6 Å². The van der Waals surface area contributed by atoms with Crippen molar-refractivity contribution in [2.45, 2.75) is 83.5 Å². The van der Waals surface area contributed by atoms with E-state index in [4.69, 9.17) is 14.5 Å². The Bertz CT molecular complexity index is 655. The van der Waals surface area contributed by atoms with Crippen LogP contribution >= 0.6 is 0 Å². The summed E-state index contributed by atoms with van der Waals surface area (Å²) in [5.41, 5.74) is 1.87. The van der Waals surface area contributed by atoms with E-state index >= 15 is 0 Å². The Labute approximate surface area is 156 Å². The maximum absolute atomic E-state index is 12.9. The van der Waals surface area contributed by atoms with Gasteiger partial charge in [-0.3, -0.25) is 14.4 Å². The Morgan fingerprint density at radius 1 is 1.27 bits per heavy atom. The van der Waals surface area contributed by atoms with Gasteiger partial charge in [0.15, 0.2) is 0 Å². The first-order valence-electron chi connectivity index (χ1n) is 10.1. The molecule has 1 saturated heterocycles. The van der Waals surface area contributed by atoms with Gasteiger partial charge in [0.25, 0.3) is 5.91 Å². The average Bonchev–Trinajstić information content (AvgIpc) is 2.67. The largest absolute Gasteiger partial charge is 0.376 e. The molecule has 1 aromatic rings. The van der Waals surface area contributed by atoms with Crippen LogP contribution in [0.25, 0.3) is 0 Å². The van der Waals surface area contributed by atoms with Crippen LogP contribution in [-0.2, 0) is 9.47 Å². The van der Waals surface area contributed by atoms with Crippen molar-refractivity contribution in [3.05, 3.63) is 29.4 Å². The lowest BCUT2D eigenvalue weighted by atomic mass is 9.96. The SMILES string of the molecule is Cc1ccn(C(=O)C(C)OCC2CCCCO2)c(=NC2CCCCC2)c1. The molecule has 0 aromatic carbocycles. The molecule has 0 spiro atoms. The fraction of sp³-hybridized carbons (Fsp3) is 0.714. The van der Waals surface area contributed by atoms with Crippen molar-refractivity contribution in [2.75, 3.05) is 13.2 Å². The number of rotatable bonds is 5. The standard InChI is InChI=1S/C21H32N2O3/c1-16-11-12-23(20(14-16)22-18-8-4-3-5-9-18)21(24)17(2)26-15-19-10-6-7-13-25-19/h11-12,14,17-19H,3-10,13,15H2,1-2H3. The Hall–Kier alpha value is -1.46. The van der Waals surface area contributed by atoms with E-state index in [-0.39, 0.29) is 12.0 Å². The van der Waals surface area contributed by atoms with Crippen molar-refractivity contribution < 1.29 is 14.3 Å². The monoisotopic (exact) mass is 360 g/mol. The van der Waals surface area contributed by atoms with E-state index in [0.717, 1.165) is 43.3 Å². The number of aromatic nitrogens is 1. The summed E-state index contributed by atoms with van der Waals surface area (Å²) in [6, 6.07) is 4.29. The predicted molar refractivity (Wildman–Crippen MR) is 101 cm³/mol. The first-order chi connectivity index (χ1) is 12.6. The van der Waals surface area contributed by atoms with Crippen LogP contribution in [0.5, 0.6) is 0 Å². The van der Waals surface area contributed by atoms with E-state index < -0.39 is 6.10 Å². The lowest BCUT2D eigenvalue weighted by molar-refractivity contribution is -0.0541. The Morgan fingerprint density at radius 2 is 2.04 bits per heavy atom. The quantitative estimate of drug-likeness (QED) is 0.805. The Kier molecular flexibility index (Phi) is 7.03. The zero-order chi connectivity index (χ0) is 18.4. The molecule has 26 heavy (non-hydrogen) atoms. The smallest absolute Gasteiger partial charge is 0.261 e. The van der Waals surface area contributed by atoms with Gasteiger partial charge in [-0.2, -0.15) is 0 Å². The average molecular weight is 360 g/mol. The van der Waals surface area contributed by atoms with Crippen LogP contribution in [0.3, 0.4) is 0 Å². The van der Waals surface area contributed by atoms with Gasteiger partial charge < -0.3 is 9.47 Å². The van der Waals surface area contributed by atoms with Crippen LogP contribution in [0.2, 0.25) is 0 Å². The summed E-state index contributed by atoms with van der Waals surface area (Å²) in [4.78, 5) is 17.8. The van der Waals surface area contributed by atoms with Crippen molar-refractivity contribution >= 4 is 5.91 Å². The molecule has 2 fully saturated rings. The molecule has 1 saturated carbocycles. The number of pyridine rings is 1. The van der Waals surface area contributed by atoms with Crippen LogP contribution in [0.15, 0.2) is 23.3 Å². The number of aryl methyl sites for hydroxylation is 1. The third-order valence-corrected chi connectivity index (χ3v) is 5.37. The van der Waals surface area contributed by atoms with E-state index in [9.17, 15) is 4.79 Å². The van der Waals surface area contributed by atoms with E-state index in [1.54, 1.807) is 4.57 Å². The lowest BCUT2D eigenvalue weighted by Crippen LogP contribution is -2.37. The summed E-state index contributed by atoms with van der Waals surface area (Å²) in [5, 5.41) is 0. The molecular weight excluding hydrogens is 328 g/mol. The topological polar surface area (TPSA) is 52.8 Å². The summed E-state index contributed by atoms with van der Waals surface area (Å²) < 4.78 is 13.2. The fourth-order valence-electron chi connectivity index (χ4n) is 3.73. The summed E-state index contributed by atoms with van der Waals surface area (Å²) in [7, 11) is 0. The highest BCUT2D eigenvalue weighted by Gasteiger charge is 2.21. The minimum Gasteiger partial charge on any atom is -0.376 e. The van der Waals surface area contributed by atoms with Gasteiger partial charge in [0.05, 0.1) is 18.8 Å². The summed E-state index contributed by atoms with van der Waals surface area (Å²) in [6.07, 6.45) is 10.7. The van der Waals surface area contributed by atoms with Crippen LogP contribution in [0.1, 0.15) is 68.6 Å². The van der Waals surface area contributed by atoms with Gasteiger partial charge in [-0.25, -0.2) is 0 Å². The fourth-order valence-corrected chi connectivity index (χ4v) is 3.73. The zero-order valence-electron chi connectivity index (χ0n) is 16.2. The summed E-state index contributed by atoms with van der Waals surface area (Å²) in [6.45, 7) is 5.14. The van der Waals surface area contributed by atoms with Crippen molar-refractivity contribution in [1.29, 1.82) is 0 Å². The molecule has 1 aliphatic heterocycles. The van der Waals surface area contributed by atoms with Gasteiger partial charge in [0.1, 0.15) is 11.6 Å². The maximum atomic E-state index is 12.9. The van der Waals surface area contributed by atoms with E-state index in [1.165, 1.54) is 25.7 Å². The van der Waals surface area contributed by atoms with Crippen LogP contribution in [0, 0.1) is 6.92 Å². The number of carbonyl (C=O) groups excluding carboxylic acids is 1. The van der Waals surface area contributed by atoms with Gasteiger partial charge >= 0.3 is 0 Å². The molecule has 0 N–H and O–H groups in total. The first-order valence-corrected chi connectivity index (χ1v) is 10.1. The molecule has 0 bridgehead atoms. The number of ether oxygens (including phenoxy) is 2. The molecule has 1 aromatic heterocycles. The number of carbonyl (C=O) groups is 1. The van der Waals surface area contributed by atoms with Crippen molar-refractivity contribution in [2.24, 2.45) is 4.99 Å². The molecule has 2 atom stereocenters. The van der Waals surface area contributed by atoms with Crippen LogP contribution < -0.4 is 5.49 Å². The van der Waals surface area contributed by atoms with Crippen LogP contribution in [-0.4, -0.2) is 41.9 Å². The van der Waals surface area contributed by atoms with Gasteiger partial charge in [-0.05, 0) is 63.6 Å². The highest BCUT2D eigenvalue weighted by atomic mass is 16.5. The second kappa shape index (κ2) is 9.47. The van der Waals surface area contributed by atoms with Crippen molar-refractivity contribution in [3.63, 3.8) is 0 Å². The first kappa shape index (κ1) is 19.3. The van der Waals surface area contributed by atoms with Crippen molar-refractivity contribution in [3.8, 4) is 0 Å². The summed E-state index contributed by atoms with van der Waals surface area (Å²) in [5.74, 6) is -0.0598. The minimum atomic E-state index is -0.506. The molecule has 3 rings (SSSR count). The number of hydrogen-bond acceptors (Lipinski definition) is 4. The van der Waals surface area contributed by atoms with Gasteiger partial charge in [0.2, 0.25) is 0 Å². The molecule has 5 heteroatoms. The highest BCUT2D eigenvalue weighted by molar-refractivity contribution is 5.82. The number of hydrogen-bond donors (Lipinski definition) is 0. The Morgan fingerprint density at radius 3 is 2.77 bits per heavy atom. The van der Waals surface area contributed by atoms with E-state index in [1.807, 2.05) is 32.2 Å². The molecule has 0 amide bonds. The molecule has 1 aliphatic carbocycles. The van der Waals surface area contributed by atoms with Crippen LogP contribution in [0.4, 0.5) is 0 Å². The zero-order valence-corrected chi connectivity index (χ0v) is 16.2. The predicted octanol–water partition coefficient (Wildman–Crippen LogP) is 3.64. The third-order valence-electron chi connectivity index (χ3n) is 5.37. The molecule has 2 aliphatic rings. The van der Waals surface area contributed by atoms with E-state index in [2.05, 4.69) is 0 Å². The Balaban J connectivity index is 1.70. The second-order valence-electron chi connectivity index (χ2n) is 7.66. The van der Waals surface area contributed by atoms with Crippen molar-refractivity contribution in [1.82, 2.24) is 4.57 Å². The summed E-state index contributed by atoms with van der Waals surface area (Å²) >= 11 is 0. The maximum Gasteiger partial charge on any atom is 0.261 e. The number of nitrogens with zero attached hydrogens (tertiary/aromatic N) is 2. The molecule has 5 nitrogen and oxygen atoms in total. The van der Waals surface area contributed by atoms with Gasteiger partial charge in [-0.1, -0.05) is 19.3 Å². The van der Waals surface area contributed by atoms with Gasteiger partial charge in [0, 0.05) is 12.8 Å². The molecule has 2 unspecified atom stereocenters. The third kappa shape index (κ3) is 5.27. The normalized spacial score (nSPS) is 23.8. The molecule has 2 heterocycles. The highest BCUT2D eigenvalue weighted by Crippen LogP contribution is 2.19. The van der Waals surface area contributed by atoms with Gasteiger partial charge in [-0.15, -0.1) is 0 Å². The molecule has 144 valence electrons.